The van der Waals surface area contributed by atoms with E-state index < -0.39 is 6.23 Å². The first kappa shape index (κ1) is 23.7. The minimum atomic E-state index is -0.858. The van der Waals surface area contributed by atoms with Gasteiger partial charge in [0.1, 0.15) is 36.0 Å². The monoisotopic (exact) mass is 502 g/mol. The molecule has 0 amide bonds. The lowest BCUT2D eigenvalue weighted by molar-refractivity contribution is 0.0866. The van der Waals surface area contributed by atoms with E-state index >= 15 is 0 Å². The fourth-order valence-corrected chi connectivity index (χ4v) is 5.01. The number of aromatic nitrogens is 6. The van der Waals surface area contributed by atoms with Crippen molar-refractivity contribution in [3.05, 3.63) is 61.1 Å². The predicted molar refractivity (Wildman–Crippen MR) is 136 cm³/mol. The van der Waals surface area contributed by atoms with Crippen molar-refractivity contribution in [1.82, 2.24) is 35.0 Å². The fourth-order valence-electron chi connectivity index (χ4n) is 5.01. The third-order valence-electron chi connectivity index (χ3n) is 6.98. The molecule has 1 saturated heterocycles. The zero-order valence-electron chi connectivity index (χ0n) is 20.5. The number of pyridine rings is 1. The van der Waals surface area contributed by atoms with Crippen LogP contribution in [0.2, 0.25) is 0 Å². The zero-order valence-corrected chi connectivity index (χ0v) is 20.5. The number of morpholine rings is 1. The van der Waals surface area contributed by atoms with Crippen LogP contribution in [0.15, 0.2) is 55.4 Å². The Labute approximate surface area is 214 Å². The van der Waals surface area contributed by atoms with Crippen LogP contribution in [0.3, 0.4) is 0 Å². The summed E-state index contributed by atoms with van der Waals surface area (Å²) in [5.74, 6) is 1.44. The molecule has 1 saturated carbocycles. The maximum Gasteiger partial charge on any atom is 0.149 e. The second-order valence-electron chi connectivity index (χ2n) is 9.42. The number of aliphatic hydroxyl groups is 1. The van der Waals surface area contributed by atoms with E-state index in [1.54, 1.807) is 29.6 Å². The summed E-state index contributed by atoms with van der Waals surface area (Å²) < 4.78 is 13.7. The highest BCUT2D eigenvalue weighted by Gasteiger charge is 2.26. The average Bonchev–Trinajstić information content (AvgIpc) is 3.50. The summed E-state index contributed by atoms with van der Waals surface area (Å²) in [6.07, 6.45) is 9.34. The lowest BCUT2D eigenvalue weighted by Crippen LogP contribution is -2.38. The van der Waals surface area contributed by atoms with Gasteiger partial charge in [-0.1, -0.05) is 6.07 Å². The Morgan fingerprint density at radius 1 is 1.00 bits per heavy atom. The Morgan fingerprint density at radius 3 is 2.59 bits per heavy atom. The summed E-state index contributed by atoms with van der Waals surface area (Å²) in [5.41, 5.74) is 3.27. The second kappa shape index (κ2) is 10.8. The van der Waals surface area contributed by atoms with Crippen LogP contribution in [0.25, 0.3) is 16.9 Å². The molecular formula is C26H30N8O3. The van der Waals surface area contributed by atoms with Crippen molar-refractivity contribution in [2.75, 3.05) is 31.2 Å². The molecule has 37 heavy (non-hydrogen) atoms. The highest BCUT2D eigenvalue weighted by atomic mass is 16.5. The molecule has 11 nitrogen and oxygen atoms in total. The van der Waals surface area contributed by atoms with E-state index in [4.69, 9.17) is 9.47 Å². The van der Waals surface area contributed by atoms with E-state index in [-0.39, 0.29) is 12.1 Å². The van der Waals surface area contributed by atoms with Crippen LogP contribution in [-0.4, -0.2) is 73.3 Å². The molecule has 3 aromatic heterocycles. The topological polar surface area (TPSA) is 123 Å². The number of anilines is 1. The molecule has 1 aliphatic carbocycles. The van der Waals surface area contributed by atoms with E-state index in [1.165, 1.54) is 0 Å². The summed E-state index contributed by atoms with van der Waals surface area (Å²) in [4.78, 5) is 15.9. The second-order valence-corrected chi connectivity index (χ2v) is 9.42. The number of hydrogen-bond acceptors (Lipinski definition) is 10. The van der Waals surface area contributed by atoms with Crippen LogP contribution < -0.4 is 15.0 Å². The standard InChI is InChI=1S/C26H30N8O3/c35-26(21-2-1-3-24(32-21)34-16-29-30-17-34)31-18-4-6-20(7-5-18)37-23-15-19(33-10-12-36-13-11-33)14-22-25(23)28-9-8-27-22/h1-3,8-9,14-18,20,26,31,35H,4-7,10-13H2. The van der Waals surface area contributed by atoms with Crippen molar-refractivity contribution in [2.45, 2.75) is 44.1 Å². The number of hydrogen-bond donors (Lipinski definition) is 2. The normalized spacial score (nSPS) is 21.2. The number of nitrogens with one attached hydrogen (secondary N) is 1. The molecular weight excluding hydrogens is 472 g/mol. The molecule has 192 valence electrons. The van der Waals surface area contributed by atoms with Crippen molar-refractivity contribution < 1.29 is 14.6 Å². The SMILES string of the molecule is OC(NC1CCC(Oc2cc(N3CCOCC3)cc3nccnc23)CC1)c1cccc(-n2cnnc2)n1. The molecule has 1 aliphatic heterocycles. The quantitative estimate of drug-likeness (QED) is 0.364. The van der Waals surface area contributed by atoms with Crippen molar-refractivity contribution in [3.63, 3.8) is 0 Å². The molecule has 0 radical (unpaired) electrons. The third kappa shape index (κ3) is 5.38. The van der Waals surface area contributed by atoms with Gasteiger partial charge in [0, 0.05) is 43.3 Å². The Bertz CT molecular complexity index is 1320. The van der Waals surface area contributed by atoms with Crippen molar-refractivity contribution >= 4 is 16.7 Å². The molecule has 4 heterocycles. The van der Waals surface area contributed by atoms with Crippen LogP contribution in [0.5, 0.6) is 5.75 Å². The van der Waals surface area contributed by atoms with Crippen LogP contribution in [0, 0.1) is 0 Å². The van der Waals surface area contributed by atoms with E-state index in [2.05, 4.69) is 47.5 Å². The molecule has 4 aromatic rings. The van der Waals surface area contributed by atoms with Crippen molar-refractivity contribution in [1.29, 1.82) is 0 Å². The Kier molecular flexibility index (Phi) is 6.89. The molecule has 0 spiro atoms. The Balaban J connectivity index is 1.09. The summed E-state index contributed by atoms with van der Waals surface area (Å²) in [7, 11) is 0. The number of rotatable bonds is 7. The van der Waals surface area contributed by atoms with Crippen LogP contribution in [-0.2, 0) is 4.74 Å². The Hall–Kier alpha value is -3.67. The maximum atomic E-state index is 10.8. The van der Waals surface area contributed by atoms with E-state index in [1.807, 2.05) is 18.2 Å². The van der Waals surface area contributed by atoms with Gasteiger partial charge in [0.25, 0.3) is 0 Å². The summed E-state index contributed by atoms with van der Waals surface area (Å²) in [5, 5.41) is 21.8. The molecule has 1 unspecified atom stereocenters. The Morgan fingerprint density at radius 2 is 1.78 bits per heavy atom. The first-order chi connectivity index (χ1) is 18.2. The van der Waals surface area contributed by atoms with Gasteiger partial charge in [-0.05, 0) is 43.9 Å². The van der Waals surface area contributed by atoms with E-state index in [0.29, 0.717) is 11.5 Å². The van der Waals surface area contributed by atoms with Gasteiger partial charge in [-0.15, -0.1) is 10.2 Å². The lowest BCUT2D eigenvalue weighted by atomic mass is 9.92. The highest BCUT2D eigenvalue weighted by molar-refractivity contribution is 5.85. The van der Waals surface area contributed by atoms with Gasteiger partial charge in [0.05, 0.1) is 30.5 Å². The van der Waals surface area contributed by atoms with Gasteiger partial charge >= 0.3 is 0 Å². The van der Waals surface area contributed by atoms with Gasteiger partial charge in [0.2, 0.25) is 0 Å². The number of fused-ring (bicyclic) bond motifs is 1. The van der Waals surface area contributed by atoms with Crippen LogP contribution >= 0.6 is 0 Å². The smallest absolute Gasteiger partial charge is 0.149 e. The number of ether oxygens (including phenoxy) is 2. The van der Waals surface area contributed by atoms with Gasteiger partial charge in [-0.3, -0.25) is 14.9 Å². The van der Waals surface area contributed by atoms with E-state index in [9.17, 15) is 5.11 Å². The molecule has 1 aromatic carbocycles. The molecule has 2 fully saturated rings. The fraction of sp³-hybridized carbons (Fsp3) is 0.423. The summed E-state index contributed by atoms with van der Waals surface area (Å²) >= 11 is 0. The summed E-state index contributed by atoms with van der Waals surface area (Å²) in [6.45, 7) is 3.14. The minimum Gasteiger partial charge on any atom is -0.488 e. The van der Waals surface area contributed by atoms with Crippen LogP contribution in [0.1, 0.15) is 37.6 Å². The first-order valence-corrected chi connectivity index (χ1v) is 12.7. The zero-order chi connectivity index (χ0) is 25.0. The summed E-state index contributed by atoms with van der Waals surface area (Å²) in [6, 6.07) is 9.87. The molecule has 6 rings (SSSR count). The van der Waals surface area contributed by atoms with Gasteiger partial charge in [-0.2, -0.15) is 0 Å². The number of aliphatic hydroxyl groups excluding tert-OH is 1. The molecule has 11 heteroatoms. The molecule has 2 N–H and O–H groups in total. The van der Waals surface area contributed by atoms with Gasteiger partial charge in [-0.25, -0.2) is 9.97 Å². The first-order valence-electron chi connectivity index (χ1n) is 12.7. The highest BCUT2D eigenvalue weighted by Crippen LogP contribution is 2.33. The molecule has 1 atom stereocenters. The lowest BCUT2D eigenvalue weighted by Gasteiger charge is -2.32. The molecule has 2 aliphatic rings. The van der Waals surface area contributed by atoms with E-state index in [0.717, 1.165) is 74.5 Å². The average molecular weight is 503 g/mol. The number of nitrogens with zero attached hydrogens (tertiary/aromatic N) is 7. The van der Waals surface area contributed by atoms with Crippen molar-refractivity contribution in [2.24, 2.45) is 0 Å². The van der Waals surface area contributed by atoms with Gasteiger partial charge in [0.15, 0.2) is 0 Å². The van der Waals surface area contributed by atoms with Crippen LogP contribution in [0.4, 0.5) is 5.69 Å². The van der Waals surface area contributed by atoms with Crippen molar-refractivity contribution in [3.8, 4) is 11.6 Å². The predicted octanol–water partition coefficient (Wildman–Crippen LogP) is 2.41. The molecule has 0 bridgehead atoms. The minimum absolute atomic E-state index is 0.0792. The largest absolute Gasteiger partial charge is 0.488 e. The maximum absolute atomic E-state index is 10.8. The number of benzene rings is 1. The third-order valence-corrected chi connectivity index (χ3v) is 6.98. The van der Waals surface area contributed by atoms with Gasteiger partial charge < -0.3 is 19.5 Å².